The van der Waals surface area contributed by atoms with Gasteiger partial charge in [0.2, 0.25) is 0 Å². The Morgan fingerprint density at radius 3 is 2.82 bits per heavy atom. The molecule has 2 nitrogen and oxygen atoms in total. The monoisotopic (exact) mass is 147 g/mol. The predicted molar refractivity (Wildman–Crippen MR) is 46.0 cm³/mol. The van der Waals surface area contributed by atoms with Gasteiger partial charge in [0.1, 0.15) is 6.54 Å². The summed E-state index contributed by atoms with van der Waals surface area (Å²) in [6, 6.07) is 7.57. The molecule has 0 radical (unpaired) electrons. The molecule has 0 aliphatic heterocycles. The summed E-state index contributed by atoms with van der Waals surface area (Å²) >= 11 is 0. The van der Waals surface area contributed by atoms with Gasteiger partial charge in [-0.2, -0.15) is 4.91 Å². The lowest BCUT2D eigenvalue weighted by Gasteiger charge is -1.98. The van der Waals surface area contributed by atoms with Gasteiger partial charge in [-0.15, -0.1) is 0 Å². The van der Waals surface area contributed by atoms with Crippen LogP contribution in [0.2, 0.25) is 0 Å². The summed E-state index contributed by atoms with van der Waals surface area (Å²) in [7, 11) is 0. The Labute approximate surface area is 65.5 Å². The topological polar surface area (TPSA) is 29.4 Å². The van der Waals surface area contributed by atoms with Gasteiger partial charge in [0.15, 0.2) is 0 Å². The minimum atomic E-state index is 0.224. The summed E-state index contributed by atoms with van der Waals surface area (Å²) < 4.78 is 0. The molecule has 0 atom stereocenters. The highest BCUT2D eigenvalue weighted by molar-refractivity contribution is 5.51. The SMILES string of the molecule is C=Cc1ccccc1CN=O. The molecule has 0 bridgehead atoms. The Hall–Kier alpha value is -1.44. The predicted octanol–water partition coefficient (Wildman–Crippen LogP) is 2.60. The van der Waals surface area contributed by atoms with Gasteiger partial charge in [0.05, 0.1) is 0 Å². The van der Waals surface area contributed by atoms with Crippen LogP contribution >= 0.6 is 0 Å². The van der Waals surface area contributed by atoms with Crippen LogP contribution < -0.4 is 0 Å². The van der Waals surface area contributed by atoms with Gasteiger partial charge in [-0.05, 0) is 11.1 Å². The van der Waals surface area contributed by atoms with Crippen LogP contribution in [0.1, 0.15) is 11.1 Å². The first-order chi connectivity index (χ1) is 5.38. The van der Waals surface area contributed by atoms with Gasteiger partial charge in [-0.25, -0.2) is 0 Å². The molecule has 56 valence electrons. The van der Waals surface area contributed by atoms with Crippen molar-refractivity contribution in [3.63, 3.8) is 0 Å². The molecule has 0 saturated heterocycles. The van der Waals surface area contributed by atoms with E-state index < -0.39 is 0 Å². The third-order valence-corrected chi connectivity index (χ3v) is 1.51. The first-order valence-electron chi connectivity index (χ1n) is 3.38. The number of hydrogen-bond donors (Lipinski definition) is 0. The van der Waals surface area contributed by atoms with Gasteiger partial charge in [0, 0.05) is 0 Å². The van der Waals surface area contributed by atoms with E-state index in [1.54, 1.807) is 6.08 Å². The molecule has 0 heterocycles. The molecule has 0 fully saturated rings. The van der Waals surface area contributed by atoms with Gasteiger partial charge in [0.25, 0.3) is 0 Å². The summed E-state index contributed by atoms with van der Waals surface area (Å²) in [5.74, 6) is 0. The molecule has 1 aromatic rings. The van der Waals surface area contributed by atoms with Crippen LogP contribution in [-0.2, 0) is 6.54 Å². The standard InChI is InChI=1S/C9H9NO/c1-2-8-5-3-4-6-9(8)7-10-11/h2-6H,1,7H2. The van der Waals surface area contributed by atoms with E-state index in [4.69, 9.17) is 0 Å². The van der Waals surface area contributed by atoms with Crippen LogP contribution in [0.15, 0.2) is 36.0 Å². The molecule has 1 rings (SSSR count). The number of nitroso groups, excluding NO2 is 1. The largest absolute Gasteiger partial charge is 0.150 e. The number of nitrogens with zero attached hydrogens (tertiary/aromatic N) is 1. The van der Waals surface area contributed by atoms with Gasteiger partial charge < -0.3 is 0 Å². The fourth-order valence-corrected chi connectivity index (χ4v) is 0.947. The van der Waals surface area contributed by atoms with Crippen LogP contribution in [0, 0.1) is 4.91 Å². The lowest BCUT2D eigenvalue weighted by molar-refractivity contribution is 1.05. The van der Waals surface area contributed by atoms with Gasteiger partial charge in [-0.3, -0.25) is 0 Å². The van der Waals surface area contributed by atoms with Crippen molar-refractivity contribution in [2.75, 3.05) is 0 Å². The zero-order valence-electron chi connectivity index (χ0n) is 6.16. The van der Waals surface area contributed by atoms with E-state index in [1.807, 2.05) is 24.3 Å². The molecule has 0 aliphatic rings. The fraction of sp³-hybridized carbons (Fsp3) is 0.111. The highest BCUT2D eigenvalue weighted by atomic mass is 16.3. The minimum Gasteiger partial charge on any atom is -0.150 e. The van der Waals surface area contributed by atoms with E-state index in [2.05, 4.69) is 11.8 Å². The Morgan fingerprint density at radius 2 is 2.18 bits per heavy atom. The van der Waals surface area contributed by atoms with Crippen molar-refractivity contribution in [1.82, 2.24) is 0 Å². The average molecular weight is 147 g/mol. The first kappa shape index (κ1) is 7.66. The highest BCUT2D eigenvalue weighted by Gasteiger charge is 1.95. The third-order valence-electron chi connectivity index (χ3n) is 1.51. The van der Waals surface area contributed by atoms with E-state index in [1.165, 1.54) is 0 Å². The van der Waals surface area contributed by atoms with E-state index in [0.717, 1.165) is 11.1 Å². The lowest BCUT2D eigenvalue weighted by Crippen LogP contribution is -1.84. The zero-order valence-corrected chi connectivity index (χ0v) is 6.16. The van der Waals surface area contributed by atoms with Crippen molar-refractivity contribution in [2.45, 2.75) is 6.54 Å². The molecule has 0 N–H and O–H groups in total. The van der Waals surface area contributed by atoms with Crippen LogP contribution in [0.4, 0.5) is 0 Å². The molecule has 0 unspecified atom stereocenters. The van der Waals surface area contributed by atoms with Crippen molar-refractivity contribution in [3.05, 3.63) is 46.9 Å². The molecule has 0 saturated carbocycles. The van der Waals surface area contributed by atoms with E-state index in [9.17, 15) is 4.91 Å². The average Bonchev–Trinajstić information content (AvgIpc) is 2.06. The van der Waals surface area contributed by atoms with Crippen LogP contribution in [0.5, 0.6) is 0 Å². The second-order valence-corrected chi connectivity index (χ2v) is 2.19. The smallest absolute Gasteiger partial charge is 0.107 e. The first-order valence-corrected chi connectivity index (χ1v) is 3.38. The van der Waals surface area contributed by atoms with Crippen molar-refractivity contribution < 1.29 is 0 Å². The Bertz CT molecular complexity index is 268. The summed E-state index contributed by atoms with van der Waals surface area (Å²) in [6.07, 6.45) is 1.72. The van der Waals surface area contributed by atoms with E-state index in [0.29, 0.717) is 0 Å². The second-order valence-electron chi connectivity index (χ2n) is 2.19. The second kappa shape index (κ2) is 3.66. The normalized spacial score (nSPS) is 9.09. The molecular weight excluding hydrogens is 138 g/mol. The molecular formula is C9H9NO. The van der Waals surface area contributed by atoms with E-state index >= 15 is 0 Å². The third kappa shape index (κ3) is 1.74. The van der Waals surface area contributed by atoms with Crippen LogP contribution in [-0.4, -0.2) is 0 Å². The van der Waals surface area contributed by atoms with Crippen molar-refractivity contribution in [1.29, 1.82) is 0 Å². The molecule has 0 aliphatic carbocycles. The Balaban J connectivity index is 3.01. The van der Waals surface area contributed by atoms with Gasteiger partial charge >= 0.3 is 0 Å². The van der Waals surface area contributed by atoms with Crippen LogP contribution in [0.3, 0.4) is 0 Å². The number of hydrogen-bond acceptors (Lipinski definition) is 2. The maximum atomic E-state index is 9.96. The lowest BCUT2D eigenvalue weighted by atomic mass is 10.1. The maximum absolute atomic E-state index is 9.96. The Morgan fingerprint density at radius 1 is 1.45 bits per heavy atom. The quantitative estimate of drug-likeness (QED) is 0.604. The molecule has 0 spiro atoms. The van der Waals surface area contributed by atoms with Crippen molar-refractivity contribution in [3.8, 4) is 0 Å². The number of benzene rings is 1. The van der Waals surface area contributed by atoms with Gasteiger partial charge in [-0.1, -0.05) is 42.1 Å². The van der Waals surface area contributed by atoms with Crippen LogP contribution in [0.25, 0.3) is 6.08 Å². The zero-order chi connectivity index (χ0) is 8.10. The summed E-state index contributed by atoms with van der Waals surface area (Å²) in [4.78, 5) is 9.96. The van der Waals surface area contributed by atoms with Crippen molar-refractivity contribution >= 4 is 6.08 Å². The number of rotatable bonds is 3. The fourth-order valence-electron chi connectivity index (χ4n) is 0.947. The summed E-state index contributed by atoms with van der Waals surface area (Å²) in [5.41, 5.74) is 1.91. The molecule has 2 heteroatoms. The Kier molecular flexibility index (Phi) is 2.55. The highest BCUT2D eigenvalue weighted by Crippen LogP contribution is 2.10. The maximum Gasteiger partial charge on any atom is 0.107 e. The molecule has 0 aromatic heterocycles. The van der Waals surface area contributed by atoms with E-state index in [-0.39, 0.29) is 6.54 Å². The molecule has 1 aromatic carbocycles. The summed E-state index contributed by atoms with van der Waals surface area (Å²) in [6.45, 7) is 3.85. The summed E-state index contributed by atoms with van der Waals surface area (Å²) in [5, 5.41) is 2.82. The van der Waals surface area contributed by atoms with Crippen molar-refractivity contribution in [2.24, 2.45) is 5.18 Å². The molecule has 0 amide bonds. The molecule has 11 heavy (non-hydrogen) atoms. The minimum absolute atomic E-state index is 0.224.